The molecule has 0 aliphatic heterocycles. The normalized spacial score (nSPS) is 11.2. The van der Waals surface area contributed by atoms with Crippen LogP contribution in [0, 0.1) is 0 Å². The third-order valence-electron chi connectivity index (χ3n) is 2.94. The summed E-state index contributed by atoms with van der Waals surface area (Å²) in [6, 6.07) is 4.23. The van der Waals surface area contributed by atoms with E-state index in [1.807, 2.05) is 0 Å². The predicted molar refractivity (Wildman–Crippen MR) is 90.9 cm³/mol. The Bertz CT molecular complexity index is 833. The molecule has 2 aromatic rings. The van der Waals surface area contributed by atoms with E-state index in [9.17, 15) is 12.8 Å². The molecule has 130 valence electrons. The summed E-state index contributed by atoms with van der Waals surface area (Å²) in [4.78, 5) is 8.26. The van der Waals surface area contributed by atoms with Crippen molar-refractivity contribution >= 4 is 38.9 Å². The first-order chi connectivity index (χ1) is 11.3. The lowest BCUT2D eigenvalue weighted by molar-refractivity contribution is 0.274. The Labute approximate surface area is 144 Å². The number of anilines is 3. The second kappa shape index (κ2) is 7.63. The number of rotatable bonds is 7. The van der Waals surface area contributed by atoms with Crippen molar-refractivity contribution in [3.05, 3.63) is 29.4 Å². The van der Waals surface area contributed by atoms with Crippen LogP contribution >= 0.6 is 11.6 Å². The van der Waals surface area contributed by atoms with E-state index in [0.29, 0.717) is 16.5 Å². The second-order valence-electron chi connectivity index (χ2n) is 4.73. The van der Waals surface area contributed by atoms with E-state index in [4.69, 9.17) is 16.3 Å². The Kier molecular flexibility index (Phi) is 5.79. The van der Waals surface area contributed by atoms with Gasteiger partial charge in [-0.1, -0.05) is 11.6 Å². The van der Waals surface area contributed by atoms with Crippen LogP contribution in [0.25, 0.3) is 0 Å². The molecule has 24 heavy (non-hydrogen) atoms. The van der Waals surface area contributed by atoms with Gasteiger partial charge in [0, 0.05) is 19.4 Å². The fourth-order valence-electron chi connectivity index (χ4n) is 1.83. The van der Waals surface area contributed by atoms with E-state index in [-0.39, 0.29) is 23.2 Å². The first-order valence-corrected chi connectivity index (χ1v) is 9.12. The average molecular weight is 375 g/mol. The number of sulfone groups is 1. The standard InChI is InChI=1S/C14H16ClFN4O3S/c1-17-13-10(15)8-18-14(20-13)19-11-4-3-9(24(2,21)22)7-12(11)23-6-5-16/h3-4,7-8H,5-6H2,1-2H3,(H2,17,18,19,20). The molecule has 7 nitrogen and oxygen atoms in total. The molecule has 0 fully saturated rings. The van der Waals surface area contributed by atoms with Gasteiger partial charge in [0.1, 0.15) is 29.9 Å². The number of nitrogens with zero attached hydrogens (tertiary/aromatic N) is 2. The number of aromatic nitrogens is 2. The number of ether oxygens (including phenoxy) is 1. The molecule has 1 aromatic heterocycles. The van der Waals surface area contributed by atoms with Crippen molar-refractivity contribution in [3.8, 4) is 5.75 Å². The van der Waals surface area contributed by atoms with Crippen molar-refractivity contribution < 1.29 is 17.5 Å². The van der Waals surface area contributed by atoms with E-state index in [0.717, 1.165) is 6.26 Å². The summed E-state index contributed by atoms with van der Waals surface area (Å²) in [5.74, 6) is 0.828. The number of halogens is 2. The summed E-state index contributed by atoms with van der Waals surface area (Å²) in [5, 5.41) is 6.07. The zero-order valence-corrected chi connectivity index (χ0v) is 14.6. The highest BCUT2D eigenvalue weighted by Gasteiger charge is 2.14. The number of hydrogen-bond donors (Lipinski definition) is 2. The maximum absolute atomic E-state index is 12.4. The van der Waals surface area contributed by atoms with Gasteiger partial charge in [0.2, 0.25) is 5.95 Å². The van der Waals surface area contributed by atoms with Crippen molar-refractivity contribution in [2.75, 3.05) is 37.2 Å². The van der Waals surface area contributed by atoms with Gasteiger partial charge in [0.15, 0.2) is 9.84 Å². The highest BCUT2D eigenvalue weighted by Crippen LogP contribution is 2.30. The summed E-state index contributed by atoms with van der Waals surface area (Å²) >= 11 is 5.92. The molecule has 0 spiro atoms. The van der Waals surface area contributed by atoms with E-state index < -0.39 is 16.5 Å². The van der Waals surface area contributed by atoms with Crippen LogP contribution in [0.1, 0.15) is 0 Å². The van der Waals surface area contributed by atoms with Crippen LogP contribution < -0.4 is 15.4 Å². The molecule has 0 saturated heterocycles. The Morgan fingerprint density at radius 2 is 2.12 bits per heavy atom. The van der Waals surface area contributed by atoms with Crippen LogP contribution in [0.3, 0.4) is 0 Å². The Morgan fingerprint density at radius 1 is 1.38 bits per heavy atom. The minimum atomic E-state index is -3.42. The molecule has 0 bridgehead atoms. The zero-order valence-electron chi connectivity index (χ0n) is 13.0. The molecule has 0 unspecified atom stereocenters. The molecule has 0 aliphatic rings. The highest BCUT2D eigenvalue weighted by atomic mass is 35.5. The van der Waals surface area contributed by atoms with E-state index in [1.165, 1.54) is 24.4 Å². The maximum Gasteiger partial charge on any atom is 0.229 e. The number of nitrogens with one attached hydrogen (secondary N) is 2. The summed E-state index contributed by atoms with van der Waals surface area (Å²) < 4.78 is 41.0. The van der Waals surface area contributed by atoms with Gasteiger partial charge in [-0.3, -0.25) is 0 Å². The van der Waals surface area contributed by atoms with Gasteiger partial charge in [-0.2, -0.15) is 4.98 Å². The van der Waals surface area contributed by atoms with Crippen LogP contribution in [0.5, 0.6) is 5.75 Å². The minimum absolute atomic E-state index is 0.0647. The largest absolute Gasteiger partial charge is 0.489 e. The molecule has 0 atom stereocenters. The SMILES string of the molecule is CNc1nc(Nc2ccc(S(C)(=O)=O)cc2OCCF)ncc1Cl. The van der Waals surface area contributed by atoms with Gasteiger partial charge < -0.3 is 15.4 Å². The quantitative estimate of drug-likeness (QED) is 0.769. The summed E-state index contributed by atoms with van der Waals surface area (Å²) in [6.45, 7) is -0.908. The summed E-state index contributed by atoms with van der Waals surface area (Å²) in [5.41, 5.74) is 0.403. The smallest absolute Gasteiger partial charge is 0.229 e. The zero-order chi connectivity index (χ0) is 17.7. The van der Waals surface area contributed by atoms with Crippen LogP contribution in [0.2, 0.25) is 5.02 Å². The van der Waals surface area contributed by atoms with Gasteiger partial charge in [0.05, 0.1) is 16.8 Å². The topological polar surface area (TPSA) is 93.2 Å². The molecule has 0 amide bonds. The van der Waals surface area contributed by atoms with Crippen LogP contribution in [0.4, 0.5) is 21.8 Å². The van der Waals surface area contributed by atoms with Crippen molar-refractivity contribution in [1.29, 1.82) is 0 Å². The predicted octanol–water partition coefficient (Wildman–Crippen LogP) is 2.67. The molecule has 2 N–H and O–H groups in total. The molecule has 1 aromatic carbocycles. The molecule has 2 rings (SSSR count). The molecular formula is C14H16ClFN4O3S. The Morgan fingerprint density at radius 3 is 2.75 bits per heavy atom. The Balaban J connectivity index is 2.38. The van der Waals surface area contributed by atoms with Crippen LogP contribution in [-0.4, -0.2) is 45.0 Å². The molecule has 1 heterocycles. The summed E-state index contributed by atoms with van der Waals surface area (Å²) in [6.07, 6.45) is 2.49. The van der Waals surface area contributed by atoms with Gasteiger partial charge >= 0.3 is 0 Å². The van der Waals surface area contributed by atoms with Gasteiger partial charge in [-0.15, -0.1) is 0 Å². The van der Waals surface area contributed by atoms with E-state index >= 15 is 0 Å². The Hall–Kier alpha value is -2.13. The lowest BCUT2D eigenvalue weighted by Crippen LogP contribution is -2.06. The van der Waals surface area contributed by atoms with Crippen molar-refractivity contribution in [3.63, 3.8) is 0 Å². The lowest BCUT2D eigenvalue weighted by atomic mass is 10.3. The molecule has 0 radical (unpaired) electrons. The maximum atomic E-state index is 12.4. The number of alkyl halides is 1. The highest BCUT2D eigenvalue weighted by molar-refractivity contribution is 7.90. The second-order valence-corrected chi connectivity index (χ2v) is 7.16. The lowest BCUT2D eigenvalue weighted by Gasteiger charge is -2.13. The molecule has 10 heteroatoms. The fourth-order valence-corrected chi connectivity index (χ4v) is 2.65. The molecule has 0 aliphatic carbocycles. The third kappa shape index (κ3) is 4.45. The number of hydrogen-bond acceptors (Lipinski definition) is 7. The van der Waals surface area contributed by atoms with Gasteiger partial charge in [0.25, 0.3) is 0 Å². The van der Waals surface area contributed by atoms with Crippen molar-refractivity contribution in [2.24, 2.45) is 0 Å². The average Bonchev–Trinajstić information content (AvgIpc) is 2.54. The first kappa shape index (κ1) is 18.2. The summed E-state index contributed by atoms with van der Waals surface area (Å²) in [7, 11) is -1.76. The van der Waals surface area contributed by atoms with Crippen LogP contribution in [-0.2, 0) is 9.84 Å². The van der Waals surface area contributed by atoms with Gasteiger partial charge in [-0.05, 0) is 12.1 Å². The minimum Gasteiger partial charge on any atom is -0.489 e. The van der Waals surface area contributed by atoms with Crippen molar-refractivity contribution in [1.82, 2.24) is 9.97 Å². The fraction of sp³-hybridized carbons (Fsp3) is 0.286. The van der Waals surface area contributed by atoms with E-state index in [2.05, 4.69) is 20.6 Å². The van der Waals surface area contributed by atoms with Gasteiger partial charge in [-0.25, -0.2) is 17.8 Å². The van der Waals surface area contributed by atoms with Crippen LogP contribution in [0.15, 0.2) is 29.3 Å². The molecule has 0 saturated carbocycles. The third-order valence-corrected chi connectivity index (χ3v) is 4.33. The first-order valence-electron chi connectivity index (χ1n) is 6.85. The molecular weight excluding hydrogens is 359 g/mol. The van der Waals surface area contributed by atoms with E-state index in [1.54, 1.807) is 7.05 Å². The monoisotopic (exact) mass is 374 g/mol. The number of benzene rings is 1. The van der Waals surface area contributed by atoms with Crippen molar-refractivity contribution in [2.45, 2.75) is 4.90 Å².